The lowest BCUT2D eigenvalue weighted by molar-refractivity contribution is 0.460. The molecule has 0 heterocycles. The van der Waals surface area contributed by atoms with Gasteiger partial charge in [0.15, 0.2) is 0 Å². The van der Waals surface area contributed by atoms with Crippen molar-refractivity contribution < 1.29 is 5.11 Å². The van der Waals surface area contributed by atoms with Crippen LogP contribution in [-0.4, -0.2) is 5.11 Å². The second-order valence-corrected chi connectivity index (χ2v) is 4.84. The van der Waals surface area contributed by atoms with Gasteiger partial charge in [0.05, 0.1) is 0 Å². The molecule has 0 bridgehead atoms. The zero-order chi connectivity index (χ0) is 12.8. The Morgan fingerprint density at radius 2 is 1.41 bits per heavy atom. The van der Waals surface area contributed by atoms with Crippen LogP contribution in [0.15, 0.2) is 42.5 Å². The largest absolute Gasteiger partial charge is 0.507 e. The highest BCUT2D eigenvalue weighted by atomic mass is 16.3. The van der Waals surface area contributed by atoms with Crippen molar-refractivity contribution in [2.24, 2.45) is 0 Å². The number of hydrogen-bond donors (Lipinski definition) is 1. The first-order valence-corrected chi connectivity index (χ1v) is 6.09. The number of phenolic OH excluding ortho intramolecular Hbond substituents is 1. The van der Waals surface area contributed by atoms with Gasteiger partial charge in [-0.25, -0.2) is 0 Å². The third kappa shape index (κ3) is 4.48. The van der Waals surface area contributed by atoms with Gasteiger partial charge in [0.25, 0.3) is 0 Å². The molecule has 0 saturated carbocycles. The number of benzene rings is 1. The third-order valence-electron chi connectivity index (χ3n) is 2.85. The van der Waals surface area contributed by atoms with Gasteiger partial charge in [-0.2, -0.15) is 0 Å². The fourth-order valence-corrected chi connectivity index (χ4v) is 1.74. The van der Waals surface area contributed by atoms with E-state index >= 15 is 0 Å². The van der Waals surface area contributed by atoms with E-state index in [9.17, 15) is 5.11 Å². The number of aryl methyl sites for hydroxylation is 2. The topological polar surface area (TPSA) is 20.2 Å². The minimum Gasteiger partial charge on any atom is -0.507 e. The van der Waals surface area contributed by atoms with E-state index < -0.39 is 0 Å². The van der Waals surface area contributed by atoms with Crippen molar-refractivity contribution >= 4 is 0 Å². The van der Waals surface area contributed by atoms with Crippen LogP contribution in [0.1, 0.15) is 37.8 Å². The molecular formula is C16H22O. The zero-order valence-electron chi connectivity index (χ0n) is 10.9. The van der Waals surface area contributed by atoms with Crippen molar-refractivity contribution in [3.8, 4) is 5.75 Å². The van der Waals surface area contributed by atoms with Gasteiger partial charge in [-0.1, -0.05) is 29.3 Å². The van der Waals surface area contributed by atoms with E-state index in [1.54, 1.807) is 0 Å². The first-order valence-electron chi connectivity index (χ1n) is 6.09. The highest BCUT2D eigenvalue weighted by Gasteiger charge is 2.06. The quantitative estimate of drug-likeness (QED) is 0.718. The van der Waals surface area contributed by atoms with Gasteiger partial charge in [0, 0.05) is 0 Å². The van der Waals surface area contributed by atoms with Gasteiger partial charge < -0.3 is 5.11 Å². The smallest absolute Gasteiger partial charge is 0.121 e. The molecule has 0 aromatic heterocycles. The maximum absolute atomic E-state index is 10.2. The summed E-state index contributed by atoms with van der Waals surface area (Å²) in [6, 6.07) is 5.99. The van der Waals surface area contributed by atoms with Crippen LogP contribution in [0.4, 0.5) is 0 Å². The monoisotopic (exact) mass is 230 g/mol. The highest BCUT2D eigenvalue weighted by molar-refractivity contribution is 5.41. The summed E-state index contributed by atoms with van der Waals surface area (Å²) in [5.41, 5.74) is 4.34. The van der Waals surface area contributed by atoms with Crippen molar-refractivity contribution in [3.05, 3.63) is 53.6 Å². The molecule has 1 N–H and O–H groups in total. The summed E-state index contributed by atoms with van der Waals surface area (Å²) in [7, 11) is 0. The molecule has 0 aliphatic carbocycles. The van der Waals surface area contributed by atoms with Gasteiger partial charge in [0.1, 0.15) is 5.75 Å². The van der Waals surface area contributed by atoms with Crippen molar-refractivity contribution in [2.45, 2.75) is 39.5 Å². The van der Waals surface area contributed by atoms with E-state index in [0.29, 0.717) is 5.75 Å². The summed E-state index contributed by atoms with van der Waals surface area (Å²) < 4.78 is 0. The molecule has 0 fully saturated rings. The lowest BCUT2D eigenvalue weighted by atomic mass is 9.99. The van der Waals surface area contributed by atoms with E-state index in [1.165, 1.54) is 0 Å². The number of para-hydroxylation sites is 1. The number of allylic oxidation sites excluding steroid dienone is 2. The van der Waals surface area contributed by atoms with E-state index in [0.717, 1.165) is 48.0 Å². The number of hydrogen-bond acceptors (Lipinski definition) is 1. The Hall–Kier alpha value is -1.50. The summed E-state index contributed by atoms with van der Waals surface area (Å²) >= 11 is 0. The summed E-state index contributed by atoms with van der Waals surface area (Å²) in [6.45, 7) is 11.8. The van der Waals surface area contributed by atoms with Crippen molar-refractivity contribution in [3.63, 3.8) is 0 Å². The van der Waals surface area contributed by atoms with Crippen LogP contribution in [0.5, 0.6) is 5.75 Å². The van der Waals surface area contributed by atoms with Crippen LogP contribution < -0.4 is 0 Å². The van der Waals surface area contributed by atoms with Gasteiger partial charge >= 0.3 is 0 Å². The molecule has 0 spiro atoms. The molecule has 0 aliphatic heterocycles. The first-order chi connectivity index (χ1) is 8.00. The predicted octanol–water partition coefficient (Wildman–Crippen LogP) is 4.41. The summed E-state index contributed by atoms with van der Waals surface area (Å²) in [6.07, 6.45) is 3.58. The average molecular weight is 230 g/mol. The Labute approximate surface area is 104 Å². The van der Waals surface area contributed by atoms with Gasteiger partial charge in [0.2, 0.25) is 0 Å². The second kappa shape index (κ2) is 6.29. The first kappa shape index (κ1) is 13.6. The molecule has 1 nitrogen and oxygen atoms in total. The van der Waals surface area contributed by atoms with E-state index in [1.807, 2.05) is 32.0 Å². The van der Waals surface area contributed by atoms with E-state index in [4.69, 9.17) is 0 Å². The Kier molecular flexibility index (Phi) is 5.02. The molecule has 1 aromatic rings. The molecule has 0 radical (unpaired) electrons. The van der Waals surface area contributed by atoms with Crippen molar-refractivity contribution in [1.82, 2.24) is 0 Å². The standard InChI is InChI=1S/C16H22O/c1-12(2)8-10-14-6-5-7-15(16(14)17)11-9-13(3)4/h5-7,17H,1,3,8-11H2,2,4H3. The van der Waals surface area contributed by atoms with Crippen LogP contribution in [0.3, 0.4) is 0 Å². The maximum Gasteiger partial charge on any atom is 0.121 e. The number of phenols is 1. The van der Waals surface area contributed by atoms with Crippen LogP contribution in [0, 0.1) is 0 Å². The van der Waals surface area contributed by atoms with E-state index in [-0.39, 0.29) is 0 Å². The molecule has 1 rings (SSSR count). The van der Waals surface area contributed by atoms with E-state index in [2.05, 4.69) is 13.2 Å². The Morgan fingerprint density at radius 3 is 1.76 bits per heavy atom. The predicted molar refractivity (Wildman–Crippen MR) is 74.4 cm³/mol. The molecular weight excluding hydrogens is 208 g/mol. The van der Waals surface area contributed by atoms with Crippen LogP contribution >= 0.6 is 0 Å². The van der Waals surface area contributed by atoms with Crippen LogP contribution in [0.2, 0.25) is 0 Å². The molecule has 17 heavy (non-hydrogen) atoms. The molecule has 0 aliphatic rings. The Balaban J connectivity index is 2.76. The minimum absolute atomic E-state index is 0.454. The minimum atomic E-state index is 0.454. The third-order valence-corrected chi connectivity index (χ3v) is 2.85. The molecule has 0 amide bonds. The van der Waals surface area contributed by atoms with Crippen molar-refractivity contribution in [2.75, 3.05) is 0 Å². The normalized spacial score (nSPS) is 10.2. The van der Waals surface area contributed by atoms with Crippen molar-refractivity contribution in [1.29, 1.82) is 0 Å². The number of rotatable bonds is 6. The molecule has 0 unspecified atom stereocenters. The lowest BCUT2D eigenvalue weighted by Crippen LogP contribution is -1.93. The fraction of sp³-hybridized carbons (Fsp3) is 0.375. The molecule has 0 saturated heterocycles. The van der Waals surface area contributed by atoms with Gasteiger partial charge in [-0.15, -0.1) is 13.2 Å². The number of aromatic hydroxyl groups is 1. The Bertz CT molecular complexity index is 379. The molecule has 92 valence electrons. The van der Waals surface area contributed by atoms with Gasteiger partial charge in [-0.3, -0.25) is 0 Å². The van der Waals surface area contributed by atoms with Gasteiger partial charge in [-0.05, 0) is 50.7 Å². The lowest BCUT2D eigenvalue weighted by Gasteiger charge is -2.10. The zero-order valence-corrected chi connectivity index (χ0v) is 10.9. The fourth-order valence-electron chi connectivity index (χ4n) is 1.74. The summed E-state index contributed by atoms with van der Waals surface area (Å²) in [4.78, 5) is 0. The average Bonchev–Trinajstić information content (AvgIpc) is 2.25. The Morgan fingerprint density at radius 1 is 1.00 bits per heavy atom. The summed E-state index contributed by atoms with van der Waals surface area (Å²) in [5.74, 6) is 0.454. The molecule has 0 atom stereocenters. The maximum atomic E-state index is 10.2. The summed E-state index contributed by atoms with van der Waals surface area (Å²) in [5, 5.41) is 10.2. The molecule has 1 heteroatoms. The second-order valence-electron chi connectivity index (χ2n) is 4.84. The van der Waals surface area contributed by atoms with Crippen LogP contribution in [0.25, 0.3) is 0 Å². The highest BCUT2D eigenvalue weighted by Crippen LogP contribution is 2.26. The SMILES string of the molecule is C=C(C)CCc1cccc(CCC(=C)C)c1O. The molecule has 1 aromatic carbocycles. The van der Waals surface area contributed by atoms with Crippen LogP contribution in [-0.2, 0) is 12.8 Å².